The van der Waals surface area contributed by atoms with Crippen LogP contribution in [-0.4, -0.2) is 29.8 Å². The zero-order valence-electron chi connectivity index (χ0n) is 20.2. The SMILES string of the molecule is CCOc1ccc([C@H]2C(C#N)=C(SCC(=O)Nc3ccc(C(C)=O)cc3)NC3=C2C(=O)CCC3)cc1. The Morgan fingerprint density at radius 2 is 1.86 bits per heavy atom. The molecule has 0 aromatic heterocycles. The van der Waals surface area contributed by atoms with Crippen LogP contribution >= 0.6 is 11.8 Å². The number of ether oxygens (including phenoxy) is 1. The van der Waals surface area contributed by atoms with Gasteiger partial charge in [-0.3, -0.25) is 14.4 Å². The smallest absolute Gasteiger partial charge is 0.234 e. The van der Waals surface area contributed by atoms with E-state index >= 15 is 0 Å². The van der Waals surface area contributed by atoms with Crippen LogP contribution in [0.1, 0.15) is 54.9 Å². The van der Waals surface area contributed by atoms with Crippen molar-refractivity contribution < 1.29 is 19.1 Å². The number of anilines is 1. The number of Topliss-reactive ketones (excluding diaryl/α,β-unsaturated/α-hetero) is 2. The molecule has 0 saturated heterocycles. The van der Waals surface area contributed by atoms with Crippen LogP contribution in [-0.2, 0) is 9.59 Å². The molecule has 36 heavy (non-hydrogen) atoms. The van der Waals surface area contributed by atoms with Gasteiger partial charge in [0.2, 0.25) is 5.91 Å². The van der Waals surface area contributed by atoms with Gasteiger partial charge in [0, 0.05) is 28.9 Å². The number of benzene rings is 2. The van der Waals surface area contributed by atoms with E-state index in [9.17, 15) is 19.6 Å². The largest absolute Gasteiger partial charge is 0.494 e. The molecule has 2 aliphatic rings. The van der Waals surface area contributed by atoms with Gasteiger partial charge < -0.3 is 15.4 Å². The summed E-state index contributed by atoms with van der Waals surface area (Å²) in [6.45, 7) is 3.95. The molecule has 0 unspecified atom stereocenters. The molecular formula is C28H27N3O4S. The van der Waals surface area contributed by atoms with Gasteiger partial charge in [-0.2, -0.15) is 5.26 Å². The summed E-state index contributed by atoms with van der Waals surface area (Å²) in [6.07, 6.45) is 1.92. The quantitative estimate of drug-likeness (QED) is 0.485. The molecule has 1 amide bonds. The van der Waals surface area contributed by atoms with Gasteiger partial charge in [-0.25, -0.2) is 0 Å². The molecule has 2 aromatic rings. The lowest BCUT2D eigenvalue weighted by Crippen LogP contribution is -2.31. The third kappa shape index (κ3) is 5.52. The highest BCUT2D eigenvalue weighted by atomic mass is 32.2. The average Bonchev–Trinajstić information content (AvgIpc) is 2.88. The van der Waals surface area contributed by atoms with E-state index < -0.39 is 5.92 Å². The second-order valence-corrected chi connectivity index (χ2v) is 9.54. The topological polar surface area (TPSA) is 108 Å². The van der Waals surface area contributed by atoms with E-state index in [1.807, 2.05) is 31.2 Å². The van der Waals surface area contributed by atoms with Crippen molar-refractivity contribution in [2.45, 2.75) is 39.0 Å². The fourth-order valence-corrected chi connectivity index (χ4v) is 5.28. The molecular weight excluding hydrogens is 474 g/mol. The van der Waals surface area contributed by atoms with Gasteiger partial charge in [-0.1, -0.05) is 23.9 Å². The number of ketones is 2. The van der Waals surface area contributed by atoms with E-state index in [1.54, 1.807) is 24.3 Å². The number of allylic oxidation sites excluding steroid dienone is 3. The van der Waals surface area contributed by atoms with Crippen LogP contribution in [0.15, 0.2) is 70.4 Å². The minimum atomic E-state index is -0.487. The van der Waals surface area contributed by atoms with Gasteiger partial charge in [0.15, 0.2) is 11.6 Å². The molecule has 1 aliphatic carbocycles. The predicted octanol–water partition coefficient (Wildman–Crippen LogP) is 5.09. The Kier molecular flexibility index (Phi) is 7.91. The molecule has 0 fully saturated rings. The zero-order valence-corrected chi connectivity index (χ0v) is 21.0. The van der Waals surface area contributed by atoms with Gasteiger partial charge in [0.1, 0.15) is 5.75 Å². The second kappa shape index (κ2) is 11.3. The number of dihydropyridines is 1. The number of carbonyl (C=O) groups is 3. The Morgan fingerprint density at radius 3 is 2.50 bits per heavy atom. The summed E-state index contributed by atoms with van der Waals surface area (Å²) >= 11 is 1.24. The average molecular weight is 502 g/mol. The minimum absolute atomic E-state index is 0.0419. The van der Waals surface area contributed by atoms with Crippen molar-refractivity contribution in [1.29, 1.82) is 5.26 Å². The maximum atomic E-state index is 12.9. The Bertz CT molecular complexity index is 1290. The summed E-state index contributed by atoms with van der Waals surface area (Å²) in [5, 5.41) is 16.8. The van der Waals surface area contributed by atoms with Crippen molar-refractivity contribution in [3.63, 3.8) is 0 Å². The number of nitrogens with one attached hydrogen (secondary N) is 2. The van der Waals surface area contributed by atoms with Gasteiger partial charge in [0.25, 0.3) is 0 Å². The highest BCUT2D eigenvalue weighted by molar-refractivity contribution is 8.03. The van der Waals surface area contributed by atoms with Gasteiger partial charge >= 0.3 is 0 Å². The fraction of sp³-hybridized carbons (Fsp3) is 0.286. The Morgan fingerprint density at radius 1 is 1.14 bits per heavy atom. The lowest BCUT2D eigenvalue weighted by Gasteiger charge is -2.33. The van der Waals surface area contributed by atoms with Crippen molar-refractivity contribution in [2.75, 3.05) is 17.7 Å². The van der Waals surface area contributed by atoms with E-state index in [2.05, 4.69) is 16.7 Å². The molecule has 2 aromatic carbocycles. The van der Waals surface area contributed by atoms with E-state index in [4.69, 9.17) is 4.74 Å². The highest BCUT2D eigenvalue weighted by Gasteiger charge is 2.37. The molecule has 8 heteroatoms. The summed E-state index contributed by atoms with van der Waals surface area (Å²) in [6, 6.07) is 16.5. The number of nitrogens with zero attached hydrogens (tertiary/aromatic N) is 1. The molecule has 1 heterocycles. The van der Waals surface area contributed by atoms with E-state index in [-0.39, 0.29) is 23.2 Å². The number of amides is 1. The van der Waals surface area contributed by atoms with Crippen molar-refractivity contribution in [3.05, 3.63) is 81.5 Å². The number of hydrogen-bond donors (Lipinski definition) is 2. The summed E-state index contributed by atoms with van der Waals surface area (Å²) in [5.41, 5.74) is 3.90. The van der Waals surface area contributed by atoms with Crippen LogP contribution in [0.5, 0.6) is 5.75 Å². The molecule has 0 radical (unpaired) electrons. The Balaban J connectivity index is 1.56. The second-order valence-electron chi connectivity index (χ2n) is 8.55. The summed E-state index contributed by atoms with van der Waals surface area (Å²) in [7, 11) is 0. The highest BCUT2D eigenvalue weighted by Crippen LogP contribution is 2.44. The molecule has 2 N–H and O–H groups in total. The van der Waals surface area contributed by atoms with Crippen LogP contribution in [0.4, 0.5) is 5.69 Å². The third-order valence-electron chi connectivity index (χ3n) is 6.11. The van der Waals surface area contributed by atoms with Gasteiger partial charge in [0.05, 0.1) is 34.9 Å². The summed E-state index contributed by atoms with van der Waals surface area (Å²) < 4.78 is 5.55. The normalized spacial score (nSPS) is 17.1. The Labute approximate surface area is 214 Å². The molecule has 0 spiro atoms. The molecule has 1 aliphatic heterocycles. The number of hydrogen-bond acceptors (Lipinski definition) is 7. The van der Waals surface area contributed by atoms with E-state index in [0.717, 1.165) is 23.4 Å². The van der Waals surface area contributed by atoms with Crippen LogP contribution in [0.3, 0.4) is 0 Å². The molecule has 4 rings (SSSR count). The fourth-order valence-electron chi connectivity index (χ4n) is 4.42. The first-order chi connectivity index (χ1) is 17.4. The van der Waals surface area contributed by atoms with E-state index in [0.29, 0.717) is 46.9 Å². The third-order valence-corrected chi connectivity index (χ3v) is 7.13. The number of carbonyl (C=O) groups excluding carboxylic acids is 3. The first-order valence-electron chi connectivity index (χ1n) is 11.8. The summed E-state index contributed by atoms with van der Waals surface area (Å²) in [4.78, 5) is 37.0. The first kappa shape index (κ1) is 25.3. The molecule has 184 valence electrons. The lowest BCUT2D eigenvalue weighted by molar-refractivity contribution is -0.116. The van der Waals surface area contributed by atoms with Gasteiger partial charge in [-0.05, 0) is 68.7 Å². The Hall–Kier alpha value is -3.83. The maximum Gasteiger partial charge on any atom is 0.234 e. The van der Waals surface area contributed by atoms with Crippen molar-refractivity contribution in [3.8, 4) is 11.8 Å². The monoisotopic (exact) mass is 501 g/mol. The van der Waals surface area contributed by atoms with E-state index in [1.165, 1.54) is 18.7 Å². The van der Waals surface area contributed by atoms with Gasteiger partial charge in [-0.15, -0.1) is 0 Å². The van der Waals surface area contributed by atoms with Crippen molar-refractivity contribution in [1.82, 2.24) is 5.32 Å². The maximum absolute atomic E-state index is 12.9. The van der Waals surface area contributed by atoms with Crippen molar-refractivity contribution in [2.24, 2.45) is 0 Å². The van der Waals surface area contributed by atoms with Crippen molar-refractivity contribution >= 4 is 34.9 Å². The van der Waals surface area contributed by atoms with Crippen LogP contribution in [0.2, 0.25) is 0 Å². The minimum Gasteiger partial charge on any atom is -0.494 e. The molecule has 7 nitrogen and oxygen atoms in total. The number of rotatable bonds is 8. The predicted molar refractivity (Wildman–Crippen MR) is 140 cm³/mol. The van der Waals surface area contributed by atoms with Crippen LogP contribution < -0.4 is 15.4 Å². The zero-order chi connectivity index (χ0) is 25.7. The molecule has 0 bridgehead atoms. The number of thioether (sulfide) groups is 1. The number of nitriles is 1. The van der Waals surface area contributed by atoms with Crippen LogP contribution in [0, 0.1) is 11.3 Å². The molecule has 1 atom stereocenters. The van der Waals surface area contributed by atoms with Crippen LogP contribution in [0.25, 0.3) is 0 Å². The lowest BCUT2D eigenvalue weighted by atomic mass is 9.77. The standard InChI is InChI=1S/C28H27N3O4S/c1-3-35-21-13-9-19(10-14-21)26-22(15-29)28(31-23-5-4-6-24(33)27(23)26)36-16-25(34)30-20-11-7-18(8-12-20)17(2)32/h7-14,26,31H,3-6,16H2,1-2H3,(H,30,34)/t26-/m0/s1. The molecule has 0 saturated carbocycles. The summed E-state index contributed by atoms with van der Waals surface area (Å²) in [5.74, 6) is 0.0863. The first-order valence-corrected chi connectivity index (χ1v) is 12.8.